The number of benzene rings is 1. The largest absolute Gasteiger partial charge is 0.444 e. The van der Waals surface area contributed by atoms with Gasteiger partial charge in [0.15, 0.2) is 5.78 Å². The first-order chi connectivity index (χ1) is 15.3. The van der Waals surface area contributed by atoms with Crippen LogP contribution in [0.25, 0.3) is 0 Å². The van der Waals surface area contributed by atoms with Crippen molar-refractivity contribution in [3.05, 3.63) is 65.2 Å². The van der Waals surface area contributed by atoms with Gasteiger partial charge in [-0.25, -0.2) is 9.18 Å². The lowest BCUT2D eigenvalue weighted by molar-refractivity contribution is -0.119. The van der Waals surface area contributed by atoms with Gasteiger partial charge in [-0.15, -0.1) is 0 Å². The maximum Gasteiger partial charge on any atom is 0.408 e. The Bertz CT molecular complexity index is 1010. The van der Waals surface area contributed by atoms with Crippen molar-refractivity contribution in [1.82, 2.24) is 15.6 Å². The maximum absolute atomic E-state index is 14.4. The number of aromatic nitrogens is 1. The summed E-state index contributed by atoms with van der Waals surface area (Å²) < 4.78 is 19.6. The Labute approximate surface area is 194 Å². The highest BCUT2D eigenvalue weighted by Gasteiger charge is 2.29. The highest BCUT2D eigenvalue weighted by atomic mass is 19.1. The van der Waals surface area contributed by atoms with Crippen molar-refractivity contribution in [2.75, 3.05) is 6.54 Å². The molecular formula is C25H32FN3O4. The molecule has 2 aromatic rings. The van der Waals surface area contributed by atoms with E-state index in [9.17, 15) is 18.8 Å². The van der Waals surface area contributed by atoms with E-state index >= 15 is 0 Å². The number of carbonyl (C=O) groups excluding carboxylic acids is 3. The molecule has 1 aromatic carbocycles. The van der Waals surface area contributed by atoms with E-state index in [0.29, 0.717) is 5.56 Å². The summed E-state index contributed by atoms with van der Waals surface area (Å²) in [6, 6.07) is 9.29. The predicted molar refractivity (Wildman–Crippen MR) is 124 cm³/mol. The number of ketones is 1. The molecule has 1 atom stereocenters. The molecule has 0 saturated carbocycles. The first-order valence-corrected chi connectivity index (χ1v) is 10.8. The van der Waals surface area contributed by atoms with E-state index in [-0.39, 0.29) is 24.2 Å². The Balaban J connectivity index is 2.38. The standard InChI is InChI=1S/C25H32FN3O4/c1-24(2,3)29-22(31)17-11-9-13-27-21(17)18(14-16-10-7-8-12-19(16)26)20(30)15-28-23(32)33-25(4,5)6/h7-13,18H,14-15H2,1-6H3,(H,28,32)(H,29,31)/t18-/m0/s1. The van der Waals surface area contributed by atoms with Gasteiger partial charge in [-0.3, -0.25) is 14.6 Å². The van der Waals surface area contributed by atoms with E-state index in [1.54, 1.807) is 51.1 Å². The summed E-state index contributed by atoms with van der Waals surface area (Å²) >= 11 is 0. The van der Waals surface area contributed by atoms with Crippen molar-refractivity contribution in [1.29, 1.82) is 0 Å². The van der Waals surface area contributed by atoms with Gasteiger partial charge >= 0.3 is 6.09 Å². The van der Waals surface area contributed by atoms with Crippen LogP contribution in [-0.2, 0) is 16.0 Å². The Kier molecular flexibility index (Phi) is 8.30. The van der Waals surface area contributed by atoms with E-state index in [1.165, 1.54) is 12.3 Å². The first-order valence-electron chi connectivity index (χ1n) is 10.8. The molecule has 0 bridgehead atoms. The number of carbonyl (C=O) groups is 3. The van der Waals surface area contributed by atoms with Gasteiger partial charge in [-0.1, -0.05) is 18.2 Å². The molecule has 0 spiro atoms. The van der Waals surface area contributed by atoms with Crippen molar-refractivity contribution in [3.8, 4) is 0 Å². The van der Waals surface area contributed by atoms with Crippen molar-refractivity contribution < 1.29 is 23.5 Å². The van der Waals surface area contributed by atoms with Gasteiger partial charge in [-0.05, 0) is 71.7 Å². The molecule has 0 fully saturated rings. The number of nitrogens with zero attached hydrogens (tertiary/aromatic N) is 1. The Morgan fingerprint density at radius 2 is 1.70 bits per heavy atom. The minimum absolute atomic E-state index is 0.0195. The quantitative estimate of drug-likeness (QED) is 0.650. The normalized spacial score (nSPS) is 12.6. The molecule has 0 radical (unpaired) electrons. The average molecular weight is 458 g/mol. The lowest BCUT2D eigenvalue weighted by Crippen LogP contribution is -2.41. The Morgan fingerprint density at radius 3 is 2.30 bits per heavy atom. The van der Waals surface area contributed by atoms with Gasteiger partial charge < -0.3 is 15.4 Å². The van der Waals surface area contributed by atoms with Crippen LogP contribution < -0.4 is 10.6 Å². The Morgan fingerprint density at radius 1 is 1.03 bits per heavy atom. The molecule has 0 aliphatic carbocycles. The predicted octanol–water partition coefficient (Wildman–Crippen LogP) is 4.17. The molecule has 0 aliphatic heterocycles. The summed E-state index contributed by atoms with van der Waals surface area (Å²) in [6.07, 6.45) is 0.715. The van der Waals surface area contributed by atoms with Crippen molar-refractivity contribution in [2.45, 2.75) is 65.0 Å². The van der Waals surface area contributed by atoms with Crippen LogP contribution in [0.3, 0.4) is 0 Å². The van der Waals surface area contributed by atoms with Crippen LogP contribution in [0.15, 0.2) is 42.6 Å². The molecule has 1 heterocycles. The zero-order chi connectivity index (χ0) is 24.8. The fourth-order valence-corrected chi connectivity index (χ4v) is 3.14. The Hall–Kier alpha value is -3.29. The van der Waals surface area contributed by atoms with Gasteiger partial charge in [0.05, 0.1) is 23.7 Å². The summed E-state index contributed by atoms with van der Waals surface area (Å²) in [6.45, 7) is 10.3. The molecule has 0 saturated heterocycles. The van der Waals surface area contributed by atoms with Crippen LogP contribution in [-0.4, -0.2) is 40.5 Å². The molecule has 2 amide bonds. The van der Waals surface area contributed by atoms with Crippen LogP contribution in [0, 0.1) is 5.82 Å². The molecule has 0 aliphatic rings. The number of hydrogen-bond donors (Lipinski definition) is 2. The smallest absolute Gasteiger partial charge is 0.408 e. The fourth-order valence-electron chi connectivity index (χ4n) is 3.14. The van der Waals surface area contributed by atoms with Gasteiger partial charge in [0, 0.05) is 11.7 Å². The lowest BCUT2D eigenvalue weighted by atomic mass is 9.88. The van der Waals surface area contributed by atoms with Crippen LogP contribution in [0.4, 0.5) is 9.18 Å². The number of Topliss-reactive ketones (excluding diaryl/α,β-unsaturated/α-hetero) is 1. The summed E-state index contributed by atoms with van der Waals surface area (Å²) in [5.74, 6) is -2.24. The van der Waals surface area contributed by atoms with Gasteiger partial charge in [0.25, 0.3) is 5.91 Å². The van der Waals surface area contributed by atoms with Gasteiger partial charge in [-0.2, -0.15) is 0 Å². The minimum atomic E-state index is -0.959. The van der Waals surface area contributed by atoms with Crippen LogP contribution in [0.5, 0.6) is 0 Å². The first kappa shape index (κ1) is 26.0. The highest BCUT2D eigenvalue weighted by molar-refractivity contribution is 5.98. The number of alkyl carbamates (subject to hydrolysis) is 1. The highest BCUT2D eigenvalue weighted by Crippen LogP contribution is 2.25. The van der Waals surface area contributed by atoms with Crippen molar-refractivity contribution >= 4 is 17.8 Å². The molecular weight excluding hydrogens is 425 g/mol. The molecule has 7 nitrogen and oxygen atoms in total. The molecule has 8 heteroatoms. The average Bonchev–Trinajstić information content (AvgIpc) is 2.69. The third-order valence-corrected chi connectivity index (χ3v) is 4.48. The number of halogens is 1. The summed E-state index contributed by atoms with van der Waals surface area (Å²) in [4.78, 5) is 42.5. The summed E-state index contributed by atoms with van der Waals surface area (Å²) in [5, 5.41) is 5.31. The molecule has 2 N–H and O–H groups in total. The maximum atomic E-state index is 14.4. The summed E-state index contributed by atoms with van der Waals surface area (Å²) in [5.41, 5.74) is -0.481. The van der Waals surface area contributed by atoms with Crippen molar-refractivity contribution in [2.24, 2.45) is 0 Å². The number of rotatable bonds is 7. The lowest BCUT2D eigenvalue weighted by Gasteiger charge is -2.24. The van der Waals surface area contributed by atoms with Gasteiger partial charge in [0.2, 0.25) is 0 Å². The van der Waals surface area contributed by atoms with E-state index in [2.05, 4.69) is 15.6 Å². The van der Waals surface area contributed by atoms with Crippen LogP contribution in [0.2, 0.25) is 0 Å². The minimum Gasteiger partial charge on any atom is -0.444 e. The second-order valence-corrected chi connectivity index (χ2v) is 9.81. The van der Waals surface area contributed by atoms with E-state index in [4.69, 9.17) is 4.74 Å². The molecule has 178 valence electrons. The number of ether oxygens (including phenoxy) is 1. The monoisotopic (exact) mass is 457 g/mol. The molecule has 0 unspecified atom stereocenters. The zero-order valence-corrected chi connectivity index (χ0v) is 20.0. The number of pyridine rings is 1. The number of hydrogen-bond acceptors (Lipinski definition) is 5. The summed E-state index contributed by atoms with van der Waals surface area (Å²) in [7, 11) is 0. The van der Waals surface area contributed by atoms with Crippen molar-refractivity contribution in [3.63, 3.8) is 0 Å². The fraction of sp³-hybridized carbons (Fsp3) is 0.440. The topological polar surface area (TPSA) is 97.4 Å². The second kappa shape index (κ2) is 10.6. The van der Waals surface area contributed by atoms with Crippen LogP contribution >= 0.6 is 0 Å². The number of nitrogens with one attached hydrogen (secondary N) is 2. The van der Waals surface area contributed by atoms with E-state index < -0.39 is 40.7 Å². The molecule has 33 heavy (non-hydrogen) atoms. The molecule has 1 aromatic heterocycles. The van der Waals surface area contributed by atoms with E-state index in [1.807, 2.05) is 20.8 Å². The third-order valence-electron chi connectivity index (χ3n) is 4.48. The zero-order valence-electron chi connectivity index (χ0n) is 20.0. The SMILES string of the molecule is CC(C)(C)NC(=O)c1cccnc1[C@@H](Cc1ccccc1F)C(=O)CNC(=O)OC(C)(C)C. The third kappa shape index (κ3) is 8.29. The van der Waals surface area contributed by atoms with Crippen LogP contribution in [0.1, 0.15) is 69.1 Å². The van der Waals surface area contributed by atoms with E-state index in [0.717, 1.165) is 0 Å². The van der Waals surface area contributed by atoms with Gasteiger partial charge in [0.1, 0.15) is 11.4 Å². The second-order valence-electron chi connectivity index (χ2n) is 9.81. The number of amides is 2. The molecule has 2 rings (SSSR count).